The van der Waals surface area contributed by atoms with Crippen LogP contribution in [0.5, 0.6) is 0 Å². The Labute approximate surface area is 69.2 Å². The average molecular weight is 154 g/mol. The quantitative estimate of drug-likeness (QED) is 0.466. The number of allylic oxidation sites excluding steroid dienone is 1. The van der Waals surface area contributed by atoms with Crippen molar-refractivity contribution in [2.45, 2.75) is 20.3 Å². The number of hydrogen-bond acceptors (Lipinski definition) is 2. The van der Waals surface area contributed by atoms with Crippen molar-refractivity contribution in [3.8, 4) is 0 Å². The van der Waals surface area contributed by atoms with Crippen molar-refractivity contribution in [1.29, 1.82) is 0 Å². The van der Waals surface area contributed by atoms with E-state index in [1.807, 2.05) is 6.20 Å². The molecule has 0 bridgehead atoms. The molecule has 0 heterocycles. The first-order valence-corrected chi connectivity index (χ1v) is 4.02. The molecule has 2 nitrogen and oxygen atoms in total. The van der Waals surface area contributed by atoms with Crippen LogP contribution in [0.4, 0.5) is 0 Å². The van der Waals surface area contributed by atoms with Crippen molar-refractivity contribution < 1.29 is 0 Å². The van der Waals surface area contributed by atoms with Crippen LogP contribution in [0.3, 0.4) is 0 Å². The van der Waals surface area contributed by atoms with E-state index in [-0.39, 0.29) is 0 Å². The molecular formula is C9H18N2. The third kappa shape index (κ3) is 4.48. The molecule has 0 saturated heterocycles. The fourth-order valence-corrected chi connectivity index (χ4v) is 0.638. The van der Waals surface area contributed by atoms with Gasteiger partial charge in [-0.05, 0) is 12.3 Å². The monoisotopic (exact) mass is 154 g/mol. The minimum atomic E-state index is 0.465. The first-order chi connectivity index (χ1) is 5.22. The van der Waals surface area contributed by atoms with E-state index in [0.29, 0.717) is 5.92 Å². The van der Waals surface area contributed by atoms with E-state index in [2.05, 4.69) is 25.7 Å². The summed E-state index contributed by atoms with van der Waals surface area (Å²) in [6.07, 6.45) is 4.74. The number of nitrogens with one attached hydrogen (secondary N) is 1. The topological polar surface area (TPSA) is 38.0 Å². The van der Waals surface area contributed by atoms with E-state index in [9.17, 15) is 0 Å². The molecule has 0 spiro atoms. The molecule has 0 fully saturated rings. The van der Waals surface area contributed by atoms with Crippen LogP contribution in [0, 0.1) is 5.92 Å². The minimum absolute atomic E-state index is 0.465. The number of rotatable bonds is 5. The van der Waals surface area contributed by atoms with Crippen molar-refractivity contribution in [3.63, 3.8) is 0 Å². The number of hydrogen-bond donors (Lipinski definition) is 2. The van der Waals surface area contributed by atoms with Crippen molar-refractivity contribution in [2.24, 2.45) is 11.7 Å². The SMILES string of the molecule is C=CCN/C=C(/N)C(C)CC. The van der Waals surface area contributed by atoms with Gasteiger partial charge in [-0.1, -0.05) is 19.9 Å². The second-order valence-corrected chi connectivity index (χ2v) is 2.65. The number of nitrogens with two attached hydrogens (primary N) is 1. The molecule has 0 aliphatic carbocycles. The van der Waals surface area contributed by atoms with Crippen LogP contribution in [0.1, 0.15) is 20.3 Å². The molecule has 0 aromatic heterocycles. The highest BCUT2D eigenvalue weighted by atomic mass is 14.8. The summed E-state index contributed by atoms with van der Waals surface area (Å²) >= 11 is 0. The Bertz CT molecular complexity index is 138. The van der Waals surface area contributed by atoms with Gasteiger partial charge in [0.25, 0.3) is 0 Å². The fourth-order valence-electron chi connectivity index (χ4n) is 0.638. The maximum absolute atomic E-state index is 5.73. The zero-order valence-electron chi connectivity index (χ0n) is 7.43. The summed E-state index contributed by atoms with van der Waals surface area (Å²) in [6, 6.07) is 0. The van der Waals surface area contributed by atoms with Gasteiger partial charge in [-0.2, -0.15) is 0 Å². The van der Waals surface area contributed by atoms with Crippen molar-refractivity contribution in [3.05, 3.63) is 24.6 Å². The molecule has 1 atom stereocenters. The van der Waals surface area contributed by atoms with Crippen LogP contribution in [0.15, 0.2) is 24.6 Å². The zero-order valence-corrected chi connectivity index (χ0v) is 7.43. The Kier molecular flexibility index (Phi) is 5.35. The van der Waals surface area contributed by atoms with Gasteiger partial charge in [-0.25, -0.2) is 0 Å². The lowest BCUT2D eigenvalue weighted by atomic mass is 10.1. The maximum atomic E-state index is 5.73. The van der Waals surface area contributed by atoms with Gasteiger partial charge in [0.2, 0.25) is 0 Å². The summed E-state index contributed by atoms with van der Waals surface area (Å²) in [5.41, 5.74) is 6.64. The minimum Gasteiger partial charge on any atom is -0.401 e. The molecule has 3 N–H and O–H groups in total. The second-order valence-electron chi connectivity index (χ2n) is 2.65. The van der Waals surface area contributed by atoms with Gasteiger partial charge in [-0.15, -0.1) is 6.58 Å². The predicted molar refractivity (Wildman–Crippen MR) is 49.9 cm³/mol. The molecule has 0 saturated carbocycles. The first kappa shape index (κ1) is 10.1. The molecule has 11 heavy (non-hydrogen) atoms. The largest absolute Gasteiger partial charge is 0.401 e. The van der Waals surface area contributed by atoms with E-state index >= 15 is 0 Å². The summed E-state index contributed by atoms with van der Waals surface area (Å²) in [6.45, 7) is 8.60. The maximum Gasteiger partial charge on any atom is 0.0323 e. The first-order valence-electron chi connectivity index (χ1n) is 4.02. The van der Waals surface area contributed by atoms with E-state index in [0.717, 1.165) is 18.7 Å². The Morgan fingerprint density at radius 2 is 2.36 bits per heavy atom. The van der Waals surface area contributed by atoms with Crippen LogP contribution in [0.25, 0.3) is 0 Å². The van der Waals surface area contributed by atoms with Crippen LogP contribution in [-0.2, 0) is 0 Å². The molecule has 0 rings (SSSR count). The zero-order chi connectivity index (χ0) is 8.69. The molecule has 2 heteroatoms. The summed E-state index contributed by atoms with van der Waals surface area (Å²) in [5.74, 6) is 0.465. The van der Waals surface area contributed by atoms with Crippen LogP contribution in [0.2, 0.25) is 0 Å². The Hall–Kier alpha value is -0.920. The van der Waals surface area contributed by atoms with Crippen LogP contribution >= 0.6 is 0 Å². The fraction of sp³-hybridized carbons (Fsp3) is 0.556. The normalized spacial score (nSPS) is 14.2. The smallest absolute Gasteiger partial charge is 0.0323 e. The van der Waals surface area contributed by atoms with Gasteiger partial charge < -0.3 is 11.1 Å². The van der Waals surface area contributed by atoms with Crippen molar-refractivity contribution >= 4 is 0 Å². The van der Waals surface area contributed by atoms with Gasteiger partial charge in [0.05, 0.1) is 0 Å². The summed E-state index contributed by atoms with van der Waals surface area (Å²) < 4.78 is 0. The lowest BCUT2D eigenvalue weighted by Gasteiger charge is -2.08. The highest BCUT2D eigenvalue weighted by molar-refractivity contribution is 4.99. The Morgan fingerprint density at radius 1 is 1.73 bits per heavy atom. The highest BCUT2D eigenvalue weighted by Gasteiger charge is 1.99. The van der Waals surface area contributed by atoms with Gasteiger partial charge in [0.1, 0.15) is 0 Å². The summed E-state index contributed by atoms with van der Waals surface area (Å²) in [7, 11) is 0. The van der Waals surface area contributed by atoms with E-state index in [1.165, 1.54) is 0 Å². The molecule has 0 aromatic carbocycles. The molecule has 1 unspecified atom stereocenters. The molecule has 64 valence electrons. The molecule has 0 aromatic rings. The van der Waals surface area contributed by atoms with Crippen LogP contribution in [-0.4, -0.2) is 6.54 Å². The summed E-state index contributed by atoms with van der Waals surface area (Å²) in [5, 5.41) is 3.04. The van der Waals surface area contributed by atoms with Gasteiger partial charge in [-0.3, -0.25) is 0 Å². The highest BCUT2D eigenvalue weighted by Crippen LogP contribution is 2.06. The van der Waals surface area contributed by atoms with Gasteiger partial charge >= 0.3 is 0 Å². The molecule has 0 radical (unpaired) electrons. The summed E-state index contributed by atoms with van der Waals surface area (Å²) in [4.78, 5) is 0. The third-order valence-electron chi connectivity index (χ3n) is 1.71. The van der Waals surface area contributed by atoms with E-state index in [4.69, 9.17) is 5.73 Å². The lowest BCUT2D eigenvalue weighted by Crippen LogP contribution is -2.14. The van der Waals surface area contributed by atoms with E-state index < -0.39 is 0 Å². The predicted octanol–water partition coefficient (Wildman–Crippen LogP) is 1.61. The van der Waals surface area contributed by atoms with Gasteiger partial charge in [0, 0.05) is 18.4 Å². The second kappa shape index (κ2) is 5.83. The van der Waals surface area contributed by atoms with Crippen molar-refractivity contribution in [2.75, 3.05) is 6.54 Å². The third-order valence-corrected chi connectivity index (χ3v) is 1.71. The average Bonchev–Trinajstić information content (AvgIpc) is 2.03. The lowest BCUT2D eigenvalue weighted by molar-refractivity contribution is 0.640. The molecule has 0 amide bonds. The molecular weight excluding hydrogens is 136 g/mol. The van der Waals surface area contributed by atoms with Crippen molar-refractivity contribution in [1.82, 2.24) is 5.32 Å². The molecule has 0 aliphatic heterocycles. The van der Waals surface area contributed by atoms with Crippen LogP contribution < -0.4 is 11.1 Å². The Morgan fingerprint density at radius 3 is 2.82 bits per heavy atom. The molecule has 0 aliphatic rings. The van der Waals surface area contributed by atoms with Gasteiger partial charge in [0.15, 0.2) is 0 Å². The Balaban J connectivity index is 3.69. The van der Waals surface area contributed by atoms with E-state index in [1.54, 1.807) is 6.08 Å². The standard InChI is InChI=1S/C9H18N2/c1-4-6-11-7-9(10)8(3)5-2/h4,7-8,11H,1,5-6,10H2,2-3H3/b9-7+.